The summed E-state index contributed by atoms with van der Waals surface area (Å²) < 4.78 is 16.3. The minimum Gasteiger partial charge on any atom is -0.491 e. The summed E-state index contributed by atoms with van der Waals surface area (Å²) in [5, 5.41) is 1.13. The number of furan rings is 1. The first-order valence-electron chi connectivity index (χ1n) is 6.71. The number of epoxide rings is 1. The van der Waals surface area contributed by atoms with Crippen LogP contribution in [-0.4, -0.2) is 19.3 Å². The molecule has 1 saturated heterocycles. The van der Waals surface area contributed by atoms with Gasteiger partial charge >= 0.3 is 0 Å². The molecule has 1 unspecified atom stereocenters. The van der Waals surface area contributed by atoms with Gasteiger partial charge in [-0.25, -0.2) is 0 Å². The Balaban J connectivity index is 1.61. The van der Waals surface area contributed by atoms with E-state index in [4.69, 9.17) is 13.9 Å². The Hall–Kier alpha value is -2.26. The molecule has 3 nitrogen and oxygen atoms in total. The third-order valence-corrected chi connectivity index (χ3v) is 3.48. The van der Waals surface area contributed by atoms with Gasteiger partial charge in [0.25, 0.3) is 0 Å². The minimum absolute atomic E-state index is 0.285. The van der Waals surface area contributed by atoms with Gasteiger partial charge in [0.2, 0.25) is 0 Å². The summed E-state index contributed by atoms with van der Waals surface area (Å²) in [6.45, 7) is 1.45. The highest BCUT2D eigenvalue weighted by molar-refractivity contribution is 5.93. The van der Waals surface area contributed by atoms with Crippen LogP contribution in [0.4, 0.5) is 0 Å². The van der Waals surface area contributed by atoms with E-state index < -0.39 is 0 Å². The molecule has 0 aliphatic carbocycles. The zero-order valence-corrected chi connectivity index (χ0v) is 10.9. The first kappa shape index (κ1) is 11.6. The quantitative estimate of drug-likeness (QED) is 0.672. The Morgan fingerprint density at radius 2 is 1.85 bits per heavy atom. The molecule has 1 fully saturated rings. The highest BCUT2D eigenvalue weighted by Gasteiger charge is 2.22. The van der Waals surface area contributed by atoms with E-state index in [1.54, 1.807) is 6.26 Å². The minimum atomic E-state index is 0.285. The van der Waals surface area contributed by atoms with Crippen LogP contribution in [0.25, 0.3) is 22.1 Å². The predicted octanol–water partition coefficient (Wildman–Crippen LogP) is 3.88. The maximum Gasteiger partial charge on any atom is 0.134 e. The molecule has 0 N–H and O–H groups in total. The molecule has 0 bridgehead atoms. The van der Waals surface area contributed by atoms with Crippen molar-refractivity contribution in [2.45, 2.75) is 6.10 Å². The number of benzene rings is 2. The molecule has 0 saturated carbocycles. The largest absolute Gasteiger partial charge is 0.491 e. The third kappa shape index (κ3) is 2.17. The summed E-state index contributed by atoms with van der Waals surface area (Å²) in [5.74, 6) is 0.872. The lowest BCUT2D eigenvalue weighted by atomic mass is 10.0. The van der Waals surface area contributed by atoms with Gasteiger partial charge in [-0.2, -0.15) is 0 Å². The molecule has 0 spiro atoms. The Labute approximate surface area is 116 Å². The molecular weight excluding hydrogens is 252 g/mol. The number of fused-ring (bicyclic) bond motifs is 1. The monoisotopic (exact) mass is 266 g/mol. The average Bonchev–Trinajstić information content (AvgIpc) is 3.23. The van der Waals surface area contributed by atoms with Crippen LogP contribution < -0.4 is 4.74 Å². The molecule has 1 aliphatic rings. The van der Waals surface area contributed by atoms with Crippen molar-refractivity contribution in [1.82, 2.24) is 0 Å². The van der Waals surface area contributed by atoms with Gasteiger partial charge in [0.15, 0.2) is 0 Å². The van der Waals surface area contributed by atoms with Crippen molar-refractivity contribution < 1.29 is 13.9 Å². The molecule has 1 atom stereocenters. The van der Waals surface area contributed by atoms with E-state index >= 15 is 0 Å². The maximum atomic E-state index is 5.64. The first-order valence-corrected chi connectivity index (χ1v) is 6.71. The first-order chi connectivity index (χ1) is 9.90. The number of hydrogen-bond acceptors (Lipinski definition) is 3. The Bertz CT molecular complexity index is 723. The average molecular weight is 266 g/mol. The second-order valence-electron chi connectivity index (χ2n) is 4.94. The Kier molecular flexibility index (Phi) is 2.71. The van der Waals surface area contributed by atoms with Gasteiger partial charge < -0.3 is 13.9 Å². The van der Waals surface area contributed by atoms with Gasteiger partial charge in [-0.15, -0.1) is 0 Å². The van der Waals surface area contributed by atoms with Crippen molar-refractivity contribution in [3.8, 4) is 16.9 Å². The van der Waals surface area contributed by atoms with E-state index in [0.717, 1.165) is 34.5 Å². The number of para-hydroxylation sites is 1. The summed E-state index contributed by atoms with van der Waals surface area (Å²) in [7, 11) is 0. The lowest BCUT2D eigenvalue weighted by molar-refractivity contribution is 0.263. The van der Waals surface area contributed by atoms with Crippen molar-refractivity contribution in [1.29, 1.82) is 0 Å². The lowest BCUT2D eigenvalue weighted by Gasteiger charge is -2.05. The third-order valence-electron chi connectivity index (χ3n) is 3.48. The zero-order chi connectivity index (χ0) is 13.4. The van der Waals surface area contributed by atoms with Crippen molar-refractivity contribution in [3.63, 3.8) is 0 Å². The van der Waals surface area contributed by atoms with Crippen LogP contribution in [-0.2, 0) is 4.74 Å². The van der Waals surface area contributed by atoms with Crippen molar-refractivity contribution in [2.75, 3.05) is 13.2 Å². The SMILES string of the molecule is c1ccc2c(-c3ccc(OCC4CO4)cc3)coc2c1. The smallest absolute Gasteiger partial charge is 0.134 e. The second kappa shape index (κ2) is 4.69. The van der Waals surface area contributed by atoms with E-state index in [1.807, 2.05) is 30.3 Å². The van der Waals surface area contributed by atoms with Crippen LogP contribution in [0.2, 0.25) is 0 Å². The Morgan fingerprint density at radius 1 is 1.05 bits per heavy atom. The summed E-state index contributed by atoms with van der Waals surface area (Å²) in [6, 6.07) is 16.1. The van der Waals surface area contributed by atoms with Gasteiger partial charge in [0.1, 0.15) is 24.0 Å². The highest BCUT2D eigenvalue weighted by Crippen LogP contribution is 2.31. The standard InChI is InChI=1S/C17H14O3/c1-2-4-17-15(3-1)16(11-20-17)12-5-7-13(8-6-12)18-9-14-10-19-14/h1-8,11,14H,9-10H2. The van der Waals surface area contributed by atoms with Crippen molar-refractivity contribution >= 4 is 11.0 Å². The van der Waals surface area contributed by atoms with Gasteiger partial charge in [-0.05, 0) is 23.8 Å². The number of ether oxygens (including phenoxy) is 2. The molecule has 100 valence electrons. The molecule has 3 heteroatoms. The van der Waals surface area contributed by atoms with Gasteiger partial charge in [-0.3, -0.25) is 0 Å². The fraction of sp³-hybridized carbons (Fsp3) is 0.176. The molecular formula is C17H14O3. The fourth-order valence-corrected chi connectivity index (χ4v) is 2.29. The second-order valence-corrected chi connectivity index (χ2v) is 4.94. The van der Waals surface area contributed by atoms with Crippen molar-refractivity contribution in [3.05, 3.63) is 54.8 Å². The molecule has 3 aromatic rings. The molecule has 1 aromatic heterocycles. The number of rotatable bonds is 4. The van der Waals surface area contributed by atoms with Crippen LogP contribution >= 0.6 is 0 Å². The molecule has 0 amide bonds. The van der Waals surface area contributed by atoms with E-state index in [9.17, 15) is 0 Å². The van der Waals surface area contributed by atoms with Crippen LogP contribution in [0.1, 0.15) is 0 Å². The number of hydrogen-bond donors (Lipinski definition) is 0. The van der Waals surface area contributed by atoms with Gasteiger partial charge in [-0.1, -0.05) is 30.3 Å². The predicted molar refractivity (Wildman–Crippen MR) is 76.9 cm³/mol. The Morgan fingerprint density at radius 3 is 2.65 bits per heavy atom. The van der Waals surface area contributed by atoms with E-state index in [2.05, 4.69) is 18.2 Å². The summed E-state index contributed by atoms with van der Waals surface area (Å²) in [6.07, 6.45) is 2.09. The van der Waals surface area contributed by atoms with Crippen molar-refractivity contribution in [2.24, 2.45) is 0 Å². The zero-order valence-electron chi connectivity index (χ0n) is 10.9. The van der Waals surface area contributed by atoms with Crippen LogP contribution in [0.15, 0.2) is 59.2 Å². The molecule has 1 aliphatic heterocycles. The fourth-order valence-electron chi connectivity index (χ4n) is 2.29. The summed E-state index contributed by atoms with van der Waals surface area (Å²) in [5.41, 5.74) is 3.15. The molecule has 2 aromatic carbocycles. The van der Waals surface area contributed by atoms with Crippen LogP contribution in [0.5, 0.6) is 5.75 Å². The highest BCUT2D eigenvalue weighted by atomic mass is 16.6. The maximum absolute atomic E-state index is 5.64. The lowest BCUT2D eigenvalue weighted by Crippen LogP contribution is -2.03. The van der Waals surface area contributed by atoms with Crippen LogP contribution in [0.3, 0.4) is 0 Å². The van der Waals surface area contributed by atoms with Gasteiger partial charge in [0, 0.05) is 10.9 Å². The van der Waals surface area contributed by atoms with E-state index in [-0.39, 0.29) is 6.10 Å². The summed E-state index contributed by atoms with van der Waals surface area (Å²) in [4.78, 5) is 0. The summed E-state index contributed by atoms with van der Waals surface area (Å²) >= 11 is 0. The van der Waals surface area contributed by atoms with E-state index in [0.29, 0.717) is 6.61 Å². The molecule has 4 rings (SSSR count). The van der Waals surface area contributed by atoms with E-state index in [1.165, 1.54) is 0 Å². The van der Waals surface area contributed by atoms with Gasteiger partial charge in [0.05, 0.1) is 12.9 Å². The molecule has 0 radical (unpaired) electrons. The molecule has 20 heavy (non-hydrogen) atoms. The molecule has 2 heterocycles. The van der Waals surface area contributed by atoms with Crippen LogP contribution in [0, 0.1) is 0 Å². The topological polar surface area (TPSA) is 34.9 Å². The normalized spacial score (nSPS) is 17.3.